The number of benzene rings is 3. The lowest BCUT2D eigenvalue weighted by molar-refractivity contribution is 0.0964. The number of halogens is 1. The van der Waals surface area contributed by atoms with Crippen LogP contribution in [0.1, 0.15) is 15.9 Å². The number of aryl methyl sites for hydroxylation is 1. The standard InChI is InChI=1S/C33H28FN3O5S2/c1-18-9-11-19(12-10-18)32-30(33(38)35-2)22-15-21(25(17-27(22)42-32)37(3)44(5,39)40)24-13-14-26(41-4)31(36-24)29-16-20-23(34)7-6-8-28(20)43-29/h6-17H,1-5H3,(H,35,38). The number of thiophene rings is 1. The van der Waals surface area contributed by atoms with E-state index in [9.17, 15) is 17.6 Å². The van der Waals surface area contributed by atoms with Gasteiger partial charge in [0.2, 0.25) is 10.0 Å². The highest BCUT2D eigenvalue weighted by molar-refractivity contribution is 7.92. The molecule has 1 N–H and O–H groups in total. The Balaban J connectivity index is 1.64. The van der Waals surface area contributed by atoms with Crippen LogP contribution >= 0.6 is 11.3 Å². The molecule has 44 heavy (non-hydrogen) atoms. The Hall–Kier alpha value is -4.74. The highest BCUT2D eigenvalue weighted by Gasteiger charge is 2.27. The summed E-state index contributed by atoms with van der Waals surface area (Å²) in [5.74, 6) is 0.134. The van der Waals surface area contributed by atoms with Gasteiger partial charge in [0.25, 0.3) is 5.91 Å². The van der Waals surface area contributed by atoms with Crippen molar-refractivity contribution in [2.24, 2.45) is 0 Å². The number of amides is 1. The van der Waals surface area contributed by atoms with Crippen LogP contribution in [0.2, 0.25) is 0 Å². The van der Waals surface area contributed by atoms with E-state index in [0.29, 0.717) is 66.5 Å². The maximum absolute atomic E-state index is 14.6. The van der Waals surface area contributed by atoms with Crippen molar-refractivity contribution in [2.75, 3.05) is 31.8 Å². The van der Waals surface area contributed by atoms with Crippen LogP contribution in [0.3, 0.4) is 0 Å². The summed E-state index contributed by atoms with van der Waals surface area (Å²) in [6, 6.07) is 21.0. The summed E-state index contributed by atoms with van der Waals surface area (Å²) in [7, 11) is 0.798. The Morgan fingerprint density at radius 1 is 1.05 bits per heavy atom. The lowest BCUT2D eigenvalue weighted by Crippen LogP contribution is -2.25. The second kappa shape index (κ2) is 11.1. The molecule has 0 aliphatic rings. The predicted molar refractivity (Wildman–Crippen MR) is 174 cm³/mol. The molecule has 6 aromatic rings. The van der Waals surface area contributed by atoms with Crippen LogP contribution in [0.15, 0.2) is 77.2 Å². The first-order chi connectivity index (χ1) is 21.0. The quantitative estimate of drug-likeness (QED) is 0.200. The first-order valence-corrected chi connectivity index (χ1v) is 16.2. The van der Waals surface area contributed by atoms with E-state index < -0.39 is 10.0 Å². The van der Waals surface area contributed by atoms with Gasteiger partial charge in [0.1, 0.15) is 28.6 Å². The zero-order chi connectivity index (χ0) is 31.3. The van der Waals surface area contributed by atoms with Gasteiger partial charge in [-0.3, -0.25) is 9.10 Å². The molecule has 3 heterocycles. The molecule has 3 aromatic carbocycles. The summed E-state index contributed by atoms with van der Waals surface area (Å²) in [4.78, 5) is 18.9. The number of anilines is 1. The minimum absolute atomic E-state index is 0.304. The Morgan fingerprint density at radius 3 is 2.45 bits per heavy atom. The van der Waals surface area contributed by atoms with Gasteiger partial charge in [-0.2, -0.15) is 0 Å². The lowest BCUT2D eigenvalue weighted by atomic mass is 10.00. The molecule has 11 heteroatoms. The number of hydrogen-bond donors (Lipinski definition) is 1. The number of carbonyl (C=O) groups is 1. The first kappa shape index (κ1) is 29.3. The number of ether oxygens (including phenoxy) is 1. The summed E-state index contributed by atoms with van der Waals surface area (Å²) in [6.07, 6.45) is 1.11. The molecule has 224 valence electrons. The number of rotatable bonds is 7. The summed E-state index contributed by atoms with van der Waals surface area (Å²) >= 11 is 1.37. The monoisotopic (exact) mass is 629 g/mol. The molecule has 3 aromatic heterocycles. The van der Waals surface area contributed by atoms with E-state index in [4.69, 9.17) is 14.1 Å². The molecule has 0 fully saturated rings. The number of sulfonamides is 1. The van der Waals surface area contributed by atoms with Crippen LogP contribution in [0.4, 0.5) is 10.1 Å². The third kappa shape index (κ3) is 5.07. The van der Waals surface area contributed by atoms with E-state index in [1.807, 2.05) is 37.3 Å². The van der Waals surface area contributed by atoms with Crippen molar-refractivity contribution in [3.8, 4) is 38.9 Å². The fraction of sp³-hybridized carbons (Fsp3) is 0.152. The molecule has 0 atom stereocenters. The number of carbonyl (C=O) groups excluding carboxylic acids is 1. The molecule has 0 spiro atoms. The molecule has 0 saturated carbocycles. The molecule has 6 rings (SSSR count). The first-order valence-electron chi connectivity index (χ1n) is 13.6. The van der Waals surface area contributed by atoms with Crippen LogP contribution in [-0.4, -0.2) is 46.8 Å². The molecule has 0 aliphatic heterocycles. The molecule has 8 nitrogen and oxygen atoms in total. The molecule has 0 saturated heterocycles. The molecule has 1 amide bonds. The fourth-order valence-electron chi connectivity index (χ4n) is 5.11. The van der Waals surface area contributed by atoms with Gasteiger partial charge in [0, 0.05) is 46.8 Å². The van der Waals surface area contributed by atoms with E-state index in [0.717, 1.165) is 20.8 Å². The number of nitrogens with one attached hydrogen (secondary N) is 1. The highest BCUT2D eigenvalue weighted by atomic mass is 32.2. The molecule has 0 radical (unpaired) electrons. The Bertz CT molecular complexity index is 2190. The van der Waals surface area contributed by atoms with Gasteiger partial charge in [-0.05, 0) is 43.3 Å². The van der Waals surface area contributed by atoms with Crippen molar-refractivity contribution in [2.45, 2.75) is 6.92 Å². The van der Waals surface area contributed by atoms with Gasteiger partial charge in [0.05, 0.1) is 35.2 Å². The van der Waals surface area contributed by atoms with E-state index in [-0.39, 0.29) is 11.7 Å². The SMILES string of the molecule is CNC(=O)c1c(-c2ccc(C)cc2)oc2cc(N(C)S(C)(=O)=O)c(-c3ccc(OC)c(-c4cc5c(F)cccc5s4)n3)cc12. The maximum Gasteiger partial charge on any atom is 0.255 e. The Labute approximate surface area is 257 Å². The normalized spacial score (nSPS) is 11.7. The topological polar surface area (TPSA) is 102 Å². The van der Waals surface area contributed by atoms with Crippen LogP contribution in [0.5, 0.6) is 5.75 Å². The van der Waals surface area contributed by atoms with Crippen molar-refractivity contribution < 1.29 is 26.8 Å². The van der Waals surface area contributed by atoms with Crippen molar-refractivity contribution >= 4 is 54.0 Å². The van der Waals surface area contributed by atoms with Gasteiger partial charge in [0.15, 0.2) is 0 Å². The van der Waals surface area contributed by atoms with E-state index in [1.165, 1.54) is 38.6 Å². The second-order valence-electron chi connectivity index (χ2n) is 10.4. The van der Waals surface area contributed by atoms with Crippen LogP contribution in [-0.2, 0) is 10.0 Å². The van der Waals surface area contributed by atoms with Crippen LogP contribution < -0.4 is 14.4 Å². The van der Waals surface area contributed by atoms with E-state index in [1.54, 1.807) is 36.4 Å². The fourth-order valence-corrected chi connectivity index (χ4v) is 6.69. The number of methoxy groups -OCH3 is 1. The summed E-state index contributed by atoms with van der Waals surface area (Å²) in [5.41, 5.74) is 4.05. The average Bonchev–Trinajstić information content (AvgIpc) is 3.62. The van der Waals surface area contributed by atoms with Gasteiger partial charge in [-0.1, -0.05) is 35.9 Å². The molecule has 0 aliphatic carbocycles. The molecule has 0 unspecified atom stereocenters. The van der Waals surface area contributed by atoms with Gasteiger partial charge in [-0.25, -0.2) is 17.8 Å². The molecule has 0 bridgehead atoms. The number of nitrogens with zero attached hydrogens (tertiary/aromatic N) is 2. The number of aromatic nitrogens is 1. The van der Waals surface area contributed by atoms with E-state index >= 15 is 0 Å². The largest absolute Gasteiger partial charge is 0.494 e. The van der Waals surface area contributed by atoms with Crippen LogP contribution in [0.25, 0.3) is 54.2 Å². The Morgan fingerprint density at radius 2 is 1.80 bits per heavy atom. The number of hydrogen-bond acceptors (Lipinski definition) is 7. The van der Waals surface area contributed by atoms with Gasteiger partial charge >= 0.3 is 0 Å². The van der Waals surface area contributed by atoms with Gasteiger partial charge in [-0.15, -0.1) is 11.3 Å². The zero-order valence-electron chi connectivity index (χ0n) is 24.6. The minimum Gasteiger partial charge on any atom is -0.494 e. The van der Waals surface area contributed by atoms with Crippen molar-refractivity contribution in [3.05, 3.63) is 89.7 Å². The minimum atomic E-state index is -3.71. The zero-order valence-corrected chi connectivity index (χ0v) is 26.2. The highest BCUT2D eigenvalue weighted by Crippen LogP contribution is 2.43. The summed E-state index contributed by atoms with van der Waals surface area (Å²) in [6.45, 7) is 1.97. The summed E-state index contributed by atoms with van der Waals surface area (Å²) < 4.78 is 54.0. The summed E-state index contributed by atoms with van der Waals surface area (Å²) in [5, 5.41) is 3.66. The molecular formula is C33H28FN3O5S2. The smallest absolute Gasteiger partial charge is 0.255 e. The number of fused-ring (bicyclic) bond motifs is 2. The van der Waals surface area contributed by atoms with Crippen molar-refractivity contribution in [1.82, 2.24) is 10.3 Å². The van der Waals surface area contributed by atoms with E-state index in [2.05, 4.69) is 5.32 Å². The molecular weight excluding hydrogens is 602 g/mol. The number of pyridine rings is 1. The Kier molecular flexibility index (Phi) is 7.38. The third-order valence-electron chi connectivity index (χ3n) is 7.51. The van der Waals surface area contributed by atoms with Crippen LogP contribution in [0, 0.1) is 12.7 Å². The van der Waals surface area contributed by atoms with Gasteiger partial charge < -0.3 is 14.5 Å². The average molecular weight is 630 g/mol. The predicted octanol–water partition coefficient (Wildman–Crippen LogP) is 7.26. The lowest BCUT2D eigenvalue weighted by Gasteiger charge is -2.21. The third-order valence-corrected chi connectivity index (χ3v) is 9.81. The maximum atomic E-state index is 14.6. The van der Waals surface area contributed by atoms with Crippen molar-refractivity contribution in [1.29, 1.82) is 0 Å². The number of furan rings is 1. The second-order valence-corrected chi connectivity index (χ2v) is 13.5. The van der Waals surface area contributed by atoms with Crippen molar-refractivity contribution in [3.63, 3.8) is 0 Å².